The van der Waals surface area contributed by atoms with Crippen LogP contribution in [0.3, 0.4) is 0 Å². The van der Waals surface area contributed by atoms with Gasteiger partial charge in [0.25, 0.3) is 11.8 Å². The maximum Gasteiger partial charge on any atom is 0.337 e. The minimum atomic E-state index is -0.843. The lowest BCUT2D eigenvalue weighted by atomic mass is 10.1. The molecule has 0 saturated heterocycles. The summed E-state index contributed by atoms with van der Waals surface area (Å²) in [5, 5.41) is 4.80. The van der Waals surface area contributed by atoms with Gasteiger partial charge in [0, 0.05) is 11.3 Å². The third-order valence-corrected chi connectivity index (χ3v) is 3.78. The van der Waals surface area contributed by atoms with E-state index >= 15 is 0 Å². The number of rotatable bonds is 7. The monoisotopic (exact) mass is 402 g/mol. The van der Waals surface area contributed by atoms with Crippen LogP contribution < -0.4 is 10.6 Å². The molecule has 0 aliphatic carbocycles. The molecule has 0 aliphatic rings. The normalized spacial score (nSPS) is 10.0. The number of aryl methyl sites for hydroxylation is 1. The van der Waals surface area contributed by atoms with E-state index < -0.39 is 42.7 Å². The first-order valence-corrected chi connectivity index (χ1v) is 8.48. The van der Waals surface area contributed by atoms with Crippen LogP contribution in [-0.4, -0.2) is 44.0 Å². The molecule has 0 unspecified atom stereocenters. The number of carbonyl (C=O) groups excluding carboxylic acids is 4. The molecular formula is C20H19FN2O6. The van der Waals surface area contributed by atoms with E-state index in [1.165, 1.54) is 31.4 Å². The van der Waals surface area contributed by atoms with Gasteiger partial charge in [-0.1, -0.05) is 12.1 Å². The van der Waals surface area contributed by atoms with Crippen molar-refractivity contribution in [3.8, 4) is 0 Å². The van der Waals surface area contributed by atoms with Crippen LogP contribution in [0.1, 0.15) is 26.3 Å². The average Bonchev–Trinajstić information content (AvgIpc) is 2.71. The number of hydrogen-bond donors (Lipinski definition) is 2. The van der Waals surface area contributed by atoms with Crippen molar-refractivity contribution >= 4 is 29.4 Å². The summed E-state index contributed by atoms with van der Waals surface area (Å²) < 4.78 is 22.5. The van der Waals surface area contributed by atoms with Crippen molar-refractivity contribution in [3.63, 3.8) is 0 Å². The van der Waals surface area contributed by atoms with Crippen molar-refractivity contribution in [2.45, 2.75) is 6.92 Å². The summed E-state index contributed by atoms with van der Waals surface area (Å²) in [4.78, 5) is 47.1. The van der Waals surface area contributed by atoms with E-state index in [0.717, 1.165) is 6.07 Å². The summed E-state index contributed by atoms with van der Waals surface area (Å²) in [6.07, 6.45) is 0. The van der Waals surface area contributed by atoms with E-state index in [1.54, 1.807) is 19.1 Å². The number of nitrogens with one attached hydrogen (secondary N) is 2. The Morgan fingerprint density at radius 2 is 1.79 bits per heavy atom. The van der Waals surface area contributed by atoms with Crippen LogP contribution in [0.4, 0.5) is 10.1 Å². The smallest absolute Gasteiger partial charge is 0.337 e. The Hall–Kier alpha value is -3.75. The van der Waals surface area contributed by atoms with E-state index in [4.69, 9.17) is 4.74 Å². The minimum Gasteiger partial charge on any atom is -0.465 e. The van der Waals surface area contributed by atoms with Crippen LogP contribution in [0.15, 0.2) is 42.5 Å². The first-order valence-electron chi connectivity index (χ1n) is 8.48. The first-order chi connectivity index (χ1) is 13.8. The quantitative estimate of drug-likeness (QED) is 0.684. The van der Waals surface area contributed by atoms with Crippen molar-refractivity contribution < 1.29 is 33.0 Å². The highest BCUT2D eigenvalue weighted by Crippen LogP contribution is 2.17. The molecule has 0 bridgehead atoms. The Balaban J connectivity index is 1.82. The van der Waals surface area contributed by atoms with E-state index in [9.17, 15) is 23.6 Å². The fraction of sp³-hybridized carbons (Fsp3) is 0.200. The van der Waals surface area contributed by atoms with Crippen molar-refractivity contribution in [1.82, 2.24) is 5.32 Å². The minimum absolute atomic E-state index is 0.0523. The molecule has 29 heavy (non-hydrogen) atoms. The summed E-state index contributed by atoms with van der Waals surface area (Å²) >= 11 is 0. The highest BCUT2D eigenvalue weighted by atomic mass is 19.1. The maximum atomic E-state index is 13.1. The number of ether oxygens (including phenoxy) is 2. The number of anilines is 1. The van der Waals surface area contributed by atoms with Crippen molar-refractivity contribution in [1.29, 1.82) is 0 Å². The van der Waals surface area contributed by atoms with Gasteiger partial charge in [-0.3, -0.25) is 14.4 Å². The Kier molecular flexibility index (Phi) is 7.41. The van der Waals surface area contributed by atoms with Gasteiger partial charge in [-0.25, -0.2) is 9.18 Å². The Labute approximate surface area is 166 Å². The van der Waals surface area contributed by atoms with Gasteiger partial charge in [0.2, 0.25) is 0 Å². The van der Waals surface area contributed by atoms with Crippen LogP contribution in [0.25, 0.3) is 0 Å². The second kappa shape index (κ2) is 9.98. The van der Waals surface area contributed by atoms with Crippen molar-refractivity contribution in [2.75, 3.05) is 25.6 Å². The van der Waals surface area contributed by atoms with Gasteiger partial charge in [0.15, 0.2) is 6.61 Å². The predicted molar refractivity (Wildman–Crippen MR) is 101 cm³/mol. The molecule has 0 aromatic heterocycles. The fourth-order valence-electron chi connectivity index (χ4n) is 2.27. The summed E-state index contributed by atoms with van der Waals surface area (Å²) in [6, 6.07) is 9.60. The summed E-state index contributed by atoms with van der Waals surface area (Å²) in [6.45, 7) is 0.653. The first kappa shape index (κ1) is 21.5. The van der Waals surface area contributed by atoms with E-state index in [1.807, 2.05) is 0 Å². The highest BCUT2D eigenvalue weighted by molar-refractivity contribution is 5.97. The number of carbonyl (C=O) groups is 4. The van der Waals surface area contributed by atoms with Gasteiger partial charge in [-0.05, 0) is 42.8 Å². The molecular weight excluding hydrogens is 383 g/mol. The van der Waals surface area contributed by atoms with Gasteiger partial charge in [0.05, 0.1) is 12.7 Å². The molecule has 8 nitrogen and oxygen atoms in total. The summed E-state index contributed by atoms with van der Waals surface area (Å²) in [5.74, 6) is -3.25. The molecule has 0 spiro atoms. The molecule has 0 radical (unpaired) electrons. The summed E-state index contributed by atoms with van der Waals surface area (Å²) in [7, 11) is 1.24. The number of halogens is 1. The molecule has 2 aromatic rings. The molecule has 2 N–H and O–H groups in total. The topological polar surface area (TPSA) is 111 Å². The second-order valence-corrected chi connectivity index (χ2v) is 5.92. The van der Waals surface area contributed by atoms with Crippen LogP contribution in [-0.2, 0) is 19.1 Å². The number of amides is 2. The molecule has 0 aliphatic heterocycles. The van der Waals surface area contributed by atoms with Gasteiger partial charge in [0.1, 0.15) is 12.4 Å². The van der Waals surface area contributed by atoms with Crippen LogP contribution in [0, 0.1) is 12.7 Å². The van der Waals surface area contributed by atoms with Crippen molar-refractivity contribution in [3.05, 3.63) is 65.0 Å². The zero-order valence-corrected chi connectivity index (χ0v) is 15.8. The average molecular weight is 402 g/mol. The van der Waals surface area contributed by atoms with Crippen molar-refractivity contribution in [2.24, 2.45) is 0 Å². The SMILES string of the molecule is COC(=O)c1ccc(C)c(NC(=O)COC(=O)CNC(=O)c2cccc(F)c2)c1. The van der Waals surface area contributed by atoms with Crippen LogP contribution >= 0.6 is 0 Å². The van der Waals surface area contributed by atoms with E-state index in [0.29, 0.717) is 11.3 Å². The molecule has 0 saturated carbocycles. The maximum absolute atomic E-state index is 13.1. The largest absolute Gasteiger partial charge is 0.465 e. The van der Waals surface area contributed by atoms with Gasteiger partial charge >= 0.3 is 11.9 Å². The van der Waals surface area contributed by atoms with Gasteiger partial charge in [-0.15, -0.1) is 0 Å². The zero-order valence-electron chi connectivity index (χ0n) is 15.8. The molecule has 2 rings (SSSR count). The molecule has 2 aromatic carbocycles. The number of hydrogen-bond acceptors (Lipinski definition) is 6. The molecule has 152 valence electrons. The highest BCUT2D eigenvalue weighted by Gasteiger charge is 2.13. The Morgan fingerprint density at radius 1 is 1.03 bits per heavy atom. The number of methoxy groups -OCH3 is 1. The Bertz CT molecular complexity index is 944. The third kappa shape index (κ3) is 6.42. The van der Waals surface area contributed by atoms with E-state index in [-0.39, 0.29) is 11.1 Å². The van der Waals surface area contributed by atoms with Crippen LogP contribution in [0.5, 0.6) is 0 Å². The Morgan fingerprint density at radius 3 is 2.48 bits per heavy atom. The molecule has 0 atom stereocenters. The number of esters is 2. The van der Waals surface area contributed by atoms with Gasteiger partial charge in [-0.2, -0.15) is 0 Å². The third-order valence-electron chi connectivity index (χ3n) is 3.78. The second-order valence-electron chi connectivity index (χ2n) is 5.92. The molecule has 0 heterocycles. The summed E-state index contributed by atoms with van der Waals surface area (Å²) in [5.41, 5.74) is 1.37. The molecule has 0 fully saturated rings. The lowest BCUT2D eigenvalue weighted by Crippen LogP contribution is -2.32. The lowest BCUT2D eigenvalue weighted by molar-refractivity contribution is -0.146. The molecule has 9 heteroatoms. The lowest BCUT2D eigenvalue weighted by Gasteiger charge is -2.11. The molecule has 2 amide bonds. The van der Waals surface area contributed by atoms with Gasteiger partial charge < -0.3 is 20.1 Å². The zero-order chi connectivity index (χ0) is 21.4. The fourth-order valence-corrected chi connectivity index (χ4v) is 2.27. The van der Waals surface area contributed by atoms with Crippen LogP contribution in [0.2, 0.25) is 0 Å². The predicted octanol–water partition coefficient (Wildman–Crippen LogP) is 1.83. The van der Waals surface area contributed by atoms with E-state index in [2.05, 4.69) is 15.4 Å². The standard InChI is InChI=1S/C20H19FN2O6/c1-12-6-7-14(20(27)28-2)9-16(12)23-17(24)11-29-18(25)10-22-19(26)13-4-3-5-15(21)8-13/h3-9H,10-11H2,1-2H3,(H,22,26)(H,23,24). The number of benzene rings is 2.